The number of methoxy groups -OCH3 is 1. The fraction of sp³-hybridized carbons (Fsp3) is 0.125. The van der Waals surface area contributed by atoms with Crippen molar-refractivity contribution < 1.29 is 9.53 Å². The molecule has 0 atom stereocenters. The Kier molecular flexibility index (Phi) is 4.81. The molecule has 0 unspecified atom stereocenters. The van der Waals surface area contributed by atoms with E-state index in [0.717, 1.165) is 5.56 Å². The van der Waals surface area contributed by atoms with Crippen LogP contribution >= 0.6 is 11.6 Å². The van der Waals surface area contributed by atoms with Gasteiger partial charge in [0.15, 0.2) is 0 Å². The number of ether oxygens (including phenoxy) is 1. The van der Waals surface area contributed by atoms with Crippen molar-refractivity contribution in [1.29, 1.82) is 5.26 Å². The minimum atomic E-state index is -0.238. The molecule has 0 saturated heterocycles. The molecule has 0 heterocycles. The summed E-state index contributed by atoms with van der Waals surface area (Å²) in [5.74, 6) is 0.215. The fourth-order valence-electron chi connectivity index (χ4n) is 1.94. The topological polar surface area (TPSA) is 62.1 Å². The van der Waals surface area contributed by atoms with Crippen LogP contribution in [0.2, 0.25) is 5.02 Å². The molecule has 1 amide bonds. The quantitative estimate of drug-likeness (QED) is 0.941. The zero-order valence-corrected chi connectivity index (χ0v) is 12.1. The number of halogens is 1. The molecular formula is C16H13ClN2O2. The number of carbonyl (C=O) groups excluding carboxylic acids is 1. The van der Waals surface area contributed by atoms with Gasteiger partial charge in [0.25, 0.3) is 0 Å². The fourth-order valence-corrected chi connectivity index (χ4v) is 2.15. The molecule has 0 fully saturated rings. The molecule has 0 aliphatic carbocycles. The van der Waals surface area contributed by atoms with E-state index < -0.39 is 0 Å². The normalized spacial score (nSPS) is 9.76. The van der Waals surface area contributed by atoms with Crippen LogP contribution in [-0.4, -0.2) is 13.0 Å². The zero-order chi connectivity index (χ0) is 15.2. The third-order valence-corrected chi connectivity index (χ3v) is 3.12. The van der Waals surface area contributed by atoms with Gasteiger partial charge in [0.2, 0.25) is 5.91 Å². The number of amides is 1. The summed E-state index contributed by atoms with van der Waals surface area (Å²) in [7, 11) is 1.49. The van der Waals surface area contributed by atoms with Crippen LogP contribution in [0.25, 0.3) is 0 Å². The van der Waals surface area contributed by atoms with Crippen LogP contribution in [0.1, 0.15) is 11.1 Å². The van der Waals surface area contributed by atoms with Crippen molar-refractivity contribution in [2.75, 3.05) is 12.4 Å². The lowest BCUT2D eigenvalue weighted by Gasteiger charge is -2.11. The third kappa shape index (κ3) is 3.74. The van der Waals surface area contributed by atoms with Crippen LogP contribution in [0.4, 0.5) is 5.69 Å². The first-order chi connectivity index (χ1) is 10.1. The van der Waals surface area contributed by atoms with Crippen LogP contribution < -0.4 is 10.1 Å². The number of carbonyl (C=O) groups is 1. The molecule has 21 heavy (non-hydrogen) atoms. The molecule has 0 spiro atoms. The van der Waals surface area contributed by atoms with E-state index in [0.29, 0.717) is 22.0 Å². The number of rotatable bonds is 4. The van der Waals surface area contributed by atoms with Crippen LogP contribution in [0.15, 0.2) is 42.5 Å². The number of anilines is 1. The van der Waals surface area contributed by atoms with Crippen molar-refractivity contribution in [2.24, 2.45) is 0 Å². The van der Waals surface area contributed by atoms with Gasteiger partial charge in [-0.2, -0.15) is 5.26 Å². The zero-order valence-electron chi connectivity index (χ0n) is 11.4. The summed E-state index contributed by atoms with van der Waals surface area (Å²) >= 11 is 5.89. The van der Waals surface area contributed by atoms with Crippen molar-refractivity contribution in [3.05, 3.63) is 58.6 Å². The second-order valence-electron chi connectivity index (χ2n) is 4.35. The highest BCUT2D eigenvalue weighted by Gasteiger charge is 2.12. The Hall–Kier alpha value is -2.51. The van der Waals surface area contributed by atoms with Crippen LogP contribution in [-0.2, 0) is 11.2 Å². The SMILES string of the molecule is COc1cccc(C#N)c1NC(=O)Cc1cccc(Cl)c1. The van der Waals surface area contributed by atoms with E-state index in [2.05, 4.69) is 5.32 Å². The lowest BCUT2D eigenvalue weighted by atomic mass is 10.1. The summed E-state index contributed by atoms with van der Waals surface area (Å²) in [5.41, 5.74) is 1.54. The van der Waals surface area contributed by atoms with E-state index in [-0.39, 0.29) is 12.3 Å². The lowest BCUT2D eigenvalue weighted by Crippen LogP contribution is -2.16. The summed E-state index contributed by atoms with van der Waals surface area (Å²) in [4.78, 5) is 12.1. The maximum Gasteiger partial charge on any atom is 0.228 e. The van der Waals surface area contributed by atoms with Gasteiger partial charge in [-0.05, 0) is 29.8 Å². The number of nitrogens with zero attached hydrogens (tertiary/aromatic N) is 1. The molecule has 2 aromatic rings. The highest BCUT2D eigenvalue weighted by Crippen LogP contribution is 2.28. The first-order valence-corrected chi connectivity index (χ1v) is 6.63. The van der Waals surface area contributed by atoms with Gasteiger partial charge < -0.3 is 10.1 Å². The number of hydrogen-bond donors (Lipinski definition) is 1. The Morgan fingerprint density at radius 1 is 1.33 bits per heavy atom. The summed E-state index contributed by atoms with van der Waals surface area (Å²) in [6, 6.07) is 14.1. The molecule has 0 aromatic heterocycles. The minimum absolute atomic E-state index is 0.170. The molecule has 0 aliphatic rings. The highest BCUT2D eigenvalue weighted by molar-refractivity contribution is 6.30. The Labute approximate surface area is 127 Å². The van der Waals surface area contributed by atoms with Gasteiger partial charge in [-0.15, -0.1) is 0 Å². The van der Waals surface area contributed by atoms with Crippen molar-refractivity contribution in [3.63, 3.8) is 0 Å². The monoisotopic (exact) mass is 300 g/mol. The molecule has 0 bridgehead atoms. The summed E-state index contributed by atoms with van der Waals surface area (Å²) < 4.78 is 5.17. The molecule has 5 heteroatoms. The van der Waals surface area contributed by atoms with E-state index in [1.807, 2.05) is 12.1 Å². The van der Waals surface area contributed by atoms with E-state index in [9.17, 15) is 4.79 Å². The number of hydrogen-bond acceptors (Lipinski definition) is 3. The van der Waals surface area contributed by atoms with E-state index in [1.165, 1.54) is 7.11 Å². The number of benzene rings is 2. The molecule has 106 valence electrons. The summed E-state index contributed by atoms with van der Waals surface area (Å²) in [5, 5.41) is 12.4. The van der Waals surface area contributed by atoms with Gasteiger partial charge in [0.05, 0.1) is 19.1 Å². The minimum Gasteiger partial charge on any atom is -0.495 e. The van der Waals surface area contributed by atoms with Crippen molar-refractivity contribution in [2.45, 2.75) is 6.42 Å². The number of nitrogens with one attached hydrogen (secondary N) is 1. The predicted molar refractivity (Wildman–Crippen MR) is 81.5 cm³/mol. The summed E-state index contributed by atoms with van der Waals surface area (Å²) in [6.45, 7) is 0. The van der Waals surface area contributed by atoms with Crippen molar-refractivity contribution in [3.8, 4) is 11.8 Å². The molecule has 1 N–H and O–H groups in total. The third-order valence-electron chi connectivity index (χ3n) is 2.88. The van der Waals surface area contributed by atoms with Crippen LogP contribution in [0.3, 0.4) is 0 Å². The average molecular weight is 301 g/mol. The molecule has 2 aromatic carbocycles. The number of para-hydroxylation sites is 1. The van der Waals surface area contributed by atoms with Crippen molar-refractivity contribution >= 4 is 23.2 Å². The van der Waals surface area contributed by atoms with Crippen molar-refractivity contribution in [1.82, 2.24) is 0 Å². The maximum absolute atomic E-state index is 12.1. The van der Waals surface area contributed by atoms with E-state index in [1.54, 1.807) is 36.4 Å². The smallest absolute Gasteiger partial charge is 0.228 e. The van der Waals surface area contributed by atoms with Gasteiger partial charge >= 0.3 is 0 Å². The van der Waals surface area contributed by atoms with E-state index in [4.69, 9.17) is 21.6 Å². The standard InChI is InChI=1S/C16H13ClN2O2/c1-21-14-7-3-5-12(10-18)16(14)19-15(20)9-11-4-2-6-13(17)8-11/h2-8H,9H2,1H3,(H,19,20). The molecule has 4 nitrogen and oxygen atoms in total. The Balaban J connectivity index is 2.18. The maximum atomic E-state index is 12.1. The molecule has 0 aliphatic heterocycles. The van der Waals surface area contributed by atoms with Gasteiger partial charge in [-0.1, -0.05) is 29.8 Å². The van der Waals surface area contributed by atoms with Gasteiger partial charge in [-0.3, -0.25) is 4.79 Å². The molecule has 0 radical (unpaired) electrons. The largest absolute Gasteiger partial charge is 0.495 e. The lowest BCUT2D eigenvalue weighted by molar-refractivity contribution is -0.115. The average Bonchev–Trinajstić information content (AvgIpc) is 2.47. The highest BCUT2D eigenvalue weighted by atomic mass is 35.5. The summed E-state index contributed by atoms with van der Waals surface area (Å²) in [6.07, 6.45) is 0.170. The van der Waals surface area contributed by atoms with Gasteiger partial charge in [-0.25, -0.2) is 0 Å². The molecule has 0 saturated carbocycles. The number of nitriles is 1. The second kappa shape index (κ2) is 6.78. The molecular weight excluding hydrogens is 288 g/mol. The van der Waals surface area contributed by atoms with E-state index >= 15 is 0 Å². The Morgan fingerprint density at radius 2 is 2.10 bits per heavy atom. The van der Waals surface area contributed by atoms with Gasteiger partial charge in [0.1, 0.15) is 17.5 Å². The first kappa shape index (κ1) is 14.9. The predicted octanol–water partition coefficient (Wildman–Crippen LogP) is 3.40. The van der Waals surface area contributed by atoms with Crippen LogP contribution in [0.5, 0.6) is 5.75 Å². The Morgan fingerprint density at radius 3 is 2.76 bits per heavy atom. The second-order valence-corrected chi connectivity index (χ2v) is 4.79. The van der Waals surface area contributed by atoms with Crippen LogP contribution in [0, 0.1) is 11.3 Å². The molecule has 2 rings (SSSR count). The Bertz CT molecular complexity index is 708. The van der Waals surface area contributed by atoms with Gasteiger partial charge in [0, 0.05) is 5.02 Å². The first-order valence-electron chi connectivity index (χ1n) is 6.25.